The first kappa shape index (κ1) is 13.6. The third-order valence-corrected chi connectivity index (χ3v) is 2.73. The zero-order valence-electron chi connectivity index (χ0n) is 10.7. The average molecular weight is 250 g/mol. The van der Waals surface area contributed by atoms with Crippen LogP contribution in [0.15, 0.2) is 24.3 Å². The molecule has 17 heavy (non-hydrogen) atoms. The Bertz CT molecular complexity index is 454. The van der Waals surface area contributed by atoms with Crippen molar-refractivity contribution in [1.29, 1.82) is 0 Å². The minimum absolute atomic E-state index is 0.843. The van der Waals surface area contributed by atoms with Crippen LogP contribution in [0.2, 0.25) is 0 Å². The number of aryl methyl sites for hydroxylation is 1. The van der Waals surface area contributed by atoms with Gasteiger partial charge in [-0.2, -0.15) is 0 Å². The first-order valence-corrected chi connectivity index (χ1v) is 6.47. The van der Waals surface area contributed by atoms with Gasteiger partial charge in [-0.05, 0) is 19.1 Å². The van der Waals surface area contributed by atoms with E-state index in [2.05, 4.69) is 24.0 Å². The van der Waals surface area contributed by atoms with Crippen molar-refractivity contribution in [2.45, 2.75) is 27.2 Å². The molecule has 0 N–H and O–H groups in total. The van der Waals surface area contributed by atoms with E-state index in [0.29, 0.717) is 0 Å². The number of benzene rings is 1. The third-order valence-electron chi connectivity index (χ3n) is 1.84. The lowest BCUT2D eigenvalue weighted by atomic mass is 10.2. The topological polar surface area (TPSA) is 35.0 Å². The van der Waals surface area contributed by atoms with Gasteiger partial charge in [-0.15, -0.1) is 10.2 Å². The molecule has 3 nitrogen and oxygen atoms in total. The van der Waals surface area contributed by atoms with Gasteiger partial charge < -0.3 is 4.74 Å². The number of nitrogens with zero attached hydrogens (tertiary/aromatic N) is 2. The van der Waals surface area contributed by atoms with Gasteiger partial charge in [0.15, 0.2) is 0 Å². The first-order chi connectivity index (χ1) is 8.21. The van der Waals surface area contributed by atoms with Crippen LogP contribution in [0.3, 0.4) is 0 Å². The first-order valence-electron chi connectivity index (χ1n) is 5.65. The lowest BCUT2D eigenvalue weighted by Crippen LogP contribution is -1.83. The van der Waals surface area contributed by atoms with Crippen molar-refractivity contribution < 1.29 is 4.74 Å². The fraction of sp³-hybridized carbons (Fsp3) is 0.385. The van der Waals surface area contributed by atoms with Gasteiger partial charge in [-0.3, -0.25) is 0 Å². The highest BCUT2D eigenvalue weighted by molar-refractivity contribution is 7.14. The molecule has 1 aromatic carbocycles. The Morgan fingerprint density at radius 1 is 1.24 bits per heavy atom. The lowest BCUT2D eigenvalue weighted by Gasteiger charge is -2.00. The highest BCUT2D eigenvalue weighted by Gasteiger charge is 2.04. The number of methoxy groups -OCH3 is 1. The Morgan fingerprint density at radius 2 is 1.94 bits per heavy atom. The van der Waals surface area contributed by atoms with Crippen LogP contribution in [-0.2, 0) is 0 Å². The third kappa shape index (κ3) is 4.15. The van der Waals surface area contributed by atoms with Gasteiger partial charge in [0.25, 0.3) is 0 Å². The quantitative estimate of drug-likeness (QED) is 0.809. The highest BCUT2D eigenvalue weighted by atomic mass is 32.1. The van der Waals surface area contributed by atoms with E-state index >= 15 is 0 Å². The van der Waals surface area contributed by atoms with E-state index in [4.69, 9.17) is 4.74 Å². The summed E-state index contributed by atoms with van der Waals surface area (Å²) in [5.41, 5.74) is 1.05. The summed E-state index contributed by atoms with van der Waals surface area (Å²) in [6.45, 7) is 6.20. The second kappa shape index (κ2) is 7.01. The van der Waals surface area contributed by atoms with E-state index < -0.39 is 0 Å². The Labute approximate surface area is 106 Å². The summed E-state index contributed by atoms with van der Waals surface area (Å²) in [5.74, 6) is 0.843. The molecule has 2 aromatic rings. The van der Waals surface area contributed by atoms with Crippen LogP contribution in [0.1, 0.15) is 25.3 Å². The zero-order chi connectivity index (χ0) is 12.7. The van der Waals surface area contributed by atoms with E-state index in [1.807, 2.05) is 31.2 Å². The van der Waals surface area contributed by atoms with E-state index in [1.165, 1.54) is 6.42 Å². The van der Waals surface area contributed by atoms with Crippen LogP contribution < -0.4 is 4.74 Å². The molecule has 2 rings (SSSR count). The molecule has 0 aliphatic carbocycles. The number of rotatable bonds is 2. The van der Waals surface area contributed by atoms with E-state index in [-0.39, 0.29) is 0 Å². The second-order valence-electron chi connectivity index (χ2n) is 3.57. The van der Waals surface area contributed by atoms with Crippen molar-refractivity contribution in [3.05, 3.63) is 29.3 Å². The van der Waals surface area contributed by atoms with E-state index in [9.17, 15) is 0 Å². The van der Waals surface area contributed by atoms with Crippen molar-refractivity contribution in [1.82, 2.24) is 10.2 Å². The summed E-state index contributed by atoms with van der Waals surface area (Å²) >= 11 is 1.58. The van der Waals surface area contributed by atoms with Gasteiger partial charge in [0.1, 0.15) is 15.8 Å². The molecule has 0 saturated carbocycles. The Balaban J connectivity index is 0.000000437. The molecule has 0 aliphatic heterocycles. The van der Waals surface area contributed by atoms with Crippen molar-refractivity contribution in [2.24, 2.45) is 0 Å². The molecule has 0 fully saturated rings. The lowest BCUT2D eigenvalue weighted by molar-refractivity contribution is 0.415. The molecule has 0 atom stereocenters. The van der Waals surface area contributed by atoms with Gasteiger partial charge >= 0.3 is 0 Å². The summed E-state index contributed by atoms with van der Waals surface area (Å²) in [6.07, 6.45) is 1.25. The van der Waals surface area contributed by atoms with Crippen LogP contribution in [-0.4, -0.2) is 17.3 Å². The molecular weight excluding hydrogens is 232 g/mol. The molecule has 92 valence electrons. The van der Waals surface area contributed by atoms with Crippen molar-refractivity contribution in [3.8, 4) is 16.3 Å². The molecule has 1 aromatic heterocycles. The van der Waals surface area contributed by atoms with Crippen molar-refractivity contribution >= 4 is 11.3 Å². The minimum Gasteiger partial charge on any atom is -0.497 e. The Morgan fingerprint density at radius 3 is 2.47 bits per heavy atom. The number of aromatic nitrogens is 2. The molecule has 0 bridgehead atoms. The summed E-state index contributed by atoms with van der Waals surface area (Å²) in [5, 5.41) is 9.96. The standard InChI is InChI=1S/C10H10N2OS.C3H8/c1-7-11-12-10(14-7)8-4-3-5-9(6-8)13-2;1-3-2/h3-6H,1-2H3;3H2,1-2H3. The molecule has 0 amide bonds. The summed E-state index contributed by atoms with van der Waals surface area (Å²) in [4.78, 5) is 0. The summed E-state index contributed by atoms with van der Waals surface area (Å²) in [7, 11) is 1.66. The summed E-state index contributed by atoms with van der Waals surface area (Å²) < 4.78 is 5.14. The maximum absolute atomic E-state index is 5.14. The second-order valence-corrected chi connectivity index (χ2v) is 4.75. The van der Waals surface area contributed by atoms with E-state index in [0.717, 1.165) is 21.3 Å². The van der Waals surface area contributed by atoms with Crippen LogP contribution in [0.4, 0.5) is 0 Å². The molecule has 0 saturated heterocycles. The van der Waals surface area contributed by atoms with Crippen molar-refractivity contribution in [2.75, 3.05) is 7.11 Å². The Kier molecular flexibility index (Phi) is 5.63. The zero-order valence-corrected chi connectivity index (χ0v) is 11.5. The molecule has 0 aliphatic rings. The fourth-order valence-corrected chi connectivity index (χ4v) is 1.86. The number of ether oxygens (including phenoxy) is 1. The van der Waals surface area contributed by atoms with Crippen LogP contribution >= 0.6 is 11.3 Å². The normalized spacial score (nSPS) is 9.41. The number of hydrogen-bond donors (Lipinski definition) is 0. The minimum atomic E-state index is 0.843. The van der Waals surface area contributed by atoms with Crippen LogP contribution in [0, 0.1) is 6.92 Å². The van der Waals surface area contributed by atoms with Crippen molar-refractivity contribution in [3.63, 3.8) is 0 Å². The van der Waals surface area contributed by atoms with Gasteiger partial charge in [0.2, 0.25) is 0 Å². The predicted molar refractivity (Wildman–Crippen MR) is 72.6 cm³/mol. The van der Waals surface area contributed by atoms with Gasteiger partial charge in [-0.25, -0.2) is 0 Å². The summed E-state index contributed by atoms with van der Waals surface area (Å²) in [6, 6.07) is 7.82. The SMILES string of the molecule is CCC.COc1cccc(-c2nnc(C)s2)c1. The van der Waals surface area contributed by atoms with Gasteiger partial charge in [0, 0.05) is 5.56 Å². The van der Waals surface area contributed by atoms with Crippen LogP contribution in [0.25, 0.3) is 10.6 Å². The van der Waals surface area contributed by atoms with Gasteiger partial charge in [0.05, 0.1) is 7.11 Å². The van der Waals surface area contributed by atoms with E-state index in [1.54, 1.807) is 18.4 Å². The average Bonchev–Trinajstić information content (AvgIpc) is 2.77. The maximum atomic E-state index is 5.14. The maximum Gasteiger partial charge on any atom is 0.147 e. The molecular formula is C13H18N2OS. The molecule has 0 radical (unpaired) electrons. The molecule has 0 spiro atoms. The smallest absolute Gasteiger partial charge is 0.147 e. The fourth-order valence-electron chi connectivity index (χ4n) is 1.17. The van der Waals surface area contributed by atoms with Crippen LogP contribution in [0.5, 0.6) is 5.75 Å². The predicted octanol–water partition coefficient (Wildman–Crippen LogP) is 3.94. The van der Waals surface area contributed by atoms with Gasteiger partial charge in [-0.1, -0.05) is 43.7 Å². The largest absolute Gasteiger partial charge is 0.497 e. The highest BCUT2D eigenvalue weighted by Crippen LogP contribution is 2.25. The Hall–Kier alpha value is -1.42. The monoisotopic (exact) mass is 250 g/mol. The number of hydrogen-bond acceptors (Lipinski definition) is 4. The molecule has 0 unspecified atom stereocenters. The molecule has 1 heterocycles. The molecule has 4 heteroatoms.